The van der Waals surface area contributed by atoms with Crippen LogP contribution in [0.5, 0.6) is 5.88 Å². The molecule has 0 spiro atoms. The average molecular weight is 616 g/mol. The van der Waals surface area contributed by atoms with Gasteiger partial charge < -0.3 is 14.0 Å². The Kier molecular flexibility index (Phi) is 8.29. The lowest BCUT2D eigenvalue weighted by Crippen LogP contribution is -2.35. The summed E-state index contributed by atoms with van der Waals surface area (Å²) in [5.74, 6) is 3.08. The number of imidazole rings is 1. The average Bonchev–Trinajstić information content (AvgIpc) is 3.63. The summed E-state index contributed by atoms with van der Waals surface area (Å²) in [6.45, 7) is 6.45. The van der Waals surface area contributed by atoms with Gasteiger partial charge in [-0.2, -0.15) is 5.10 Å². The second kappa shape index (κ2) is 12.6. The highest BCUT2D eigenvalue weighted by Gasteiger charge is 2.26. The second-order valence-corrected chi connectivity index (χ2v) is 12.0. The zero-order valence-electron chi connectivity index (χ0n) is 24.7. The molecule has 11 heteroatoms. The highest BCUT2D eigenvalue weighted by Crippen LogP contribution is 2.30. The number of nitrogens with zero attached hydrogens (tertiary/aromatic N) is 6. The Labute approximate surface area is 260 Å². The first-order valence-corrected chi connectivity index (χ1v) is 15.7. The van der Waals surface area contributed by atoms with Crippen molar-refractivity contribution in [3.63, 3.8) is 0 Å². The summed E-state index contributed by atoms with van der Waals surface area (Å²) in [4.78, 5) is 17.0. The molecule has 0 aliphatic carbocycles. The quantitative estimate of drug-likeness (QED) is 0.196. The number of likely N-dealkylation sites (tertiary alicyclic amines) is 1. The van der Waals surface area contributed by atoms with E-state index in [-0.39, 0.29) is 18.5 Å². The smallest absolute Gasteiger partial charge is 0.213 e. The predicted octanol–water partition coefficient (Wildman–Crippen LogP) is 6.32. The van der Waals surface area contributed by atoms with Crippen molar-refractivity contribution in [3.8, 4) is 17.3 Å². The van der Waals surface area contributed by atoms with Gasteiger partial charge in [-0.05, 0) is 68.8 Å². The third kappa shape index (κ3) is 6.20. The summed E-state index contributed by atoms with van der Waals surface area (Å²) in [6.07, 6.45) is 4.09. The lowest BCUT2D eigenvalue weighted by Gasteiger charge is -2.32. The van der Waals surface area contributed by atoms with Crippen molar-refractivity contribution >= 4 is 22.6 Å². The molecule has 2 aromatic carbocycles. The summed E-state index contributed by atoms with van der Waals surface area (Å²) in [7, 11) is 0. The number of piperidine rings is 1. The van der Waals surface area contributed by atoms with Crippen LogP contribution in [0.1, 0.15) is 55.0 Å². The number of aryl methyl sites for hydroxylation is 1. The van der Waals surface area contributed by atoms with Crippen molar-refractivity contribution in [3.05, 3.63) is 88.3 Å². The number of aromatic nitrogens is 6. The fraction of sp³-hybridized carbons (Fsp3) is 0.394. The van der Waals surface area contributed by atoms with Gasteiger partial charge in [0.05, 0.1) is 30.2 Å². The Hall–Kier alpha value is -3.86. The van der Waals surface area contributed by atoms with Gasteiger partial charge in [0, 0.05) is 46.9 Å². The van der Waals surface area contributed by atoms with Crippen molar-refractivity contribution in [2.75, 3.05) is 19.7 Å². The van der Waals surface area contributed by atoms with Crippen LogP contribution in [0.3, 0.4) is 0 Å². The molecule has 44 heavy (non-hydrogen) atoms. The summed E-state index contributed by atoms with van der Waals surface area (Å²) >= 11 is 5.87. The molecule has 0 bridgehead atoms. The highest BCUT2D eigenvalue weighted by molar-refractivity contribution is 6.30. The third-order valence-corrected chi connectivity index (χ3v) is 8.87. The topological polar surface area (TPSA) is 94.0 Å². The minimum absolute atomic E-state index is 0.101. The number of halogens is 2. The summed E-state index contributed by atoms with van der Waals surface area (Å²) in [6, 6.07) is 16.7. The minimum atomic E-state index is -0.379. The third-order valence-electron chi connectivity index (χ3n) is 8.64. The molecule has 1 atom stereocenters. The number of fused-ring (bicyclic) bond motifs is 1. The minimum Gasteiger partial charge on any atom is -0.473 e. The molecular weight excluding hydrogens is 581 g/mol. The lowest BCUT2D eigenvalue weighted by atomic mass is 9.93. The van der Waals surface area contributed by atoms with E-state index >= 15 is 0 Å². The molecule has 2 fully saturated rings. The number of aromatic amines is 1. The number of pyridine rings is 1. The van der Waals surface area contributed by atoms with Crippen LogP contribution in [0.2, 0.25) is 5.02 Å². The van der Waals surface area contributed by atoms with Gasteiger partial charge in [-0.3, -0.25) is 10.00 Å². The summed E-state index contributed by atoms with van der Waals surface area (Å²) < 4.78 is 28.2. The molecule has 0 unspecified atom stereocenters. The molecule has 0 amide bonds. The number of ether oxygens (including phenoxy) is 2. The molecule has 5 aromatic rings. The van der Waals surface area contributed by atoms with Gasteiger partial charge in [0.1, 0.15) is 24.1 Å². The maximum absolute atomic E-state index is 14.2. The Bertz CT molecular complexity index is 1760. The molecule has 2 aliphatic rings. The maximum Gasteiger partial charge on any atom is 0.213 e. The van der Waals surface area contributed by atoms with E-state index in [4.69, 9.17) is 31.0 Å². The van der Waals surface area contributed by atoms with E-state index in [2.05, 4.69) is 55.8 Å². The molecule has 1 N–H and O–H groups in total. The second-order valence-electron chi connectivity index (χ2n) is 11.6. The van der Waals surface area contributed by atoms with E-state index in [0.717, 1.165) is 92.4 Å². The SMILES string of the molecule is CCc1nc(-c2ccc3c(c2)nc(CN2CCC(c4cccc(OCc5ccc(Cl)cc5F)n4)CC2)n3C[C@@H]2CCO2)n[nH]1. The van der Waals surface area contributed by atoms with E-state index in [9.17, 15) is 4.39 Å². The number of hydrogen-bond donors (Lipinski definition) is 1. The van der Waals surface area contributed by atoms with Crippen LogP contribution < -0.4 is 4.74 Å². The van der Waals surface area contributed by atoms with E-state index in [1.165, 1.54) is 6.07 Å². The number of benzene rings is 2. The van der Waals surface area contributed by atoms with Gasteiger partial charge >= 0.3 is 0 Å². The number of rotatable bonds is 10. The van der Waals surface area contributed by atoms with Crippen LogP contribution in [0.4, 0.5) is 4.39 Å². The first kappa shape index (κ1) is 28.9. The van der Waals surface area contributed by atoms with Crippen molar-refractivity contribution in [2.24, 2.45) is 0 Å². The Morgan fingerprint density at radius 2 is 1.91 bits per heavy atom. The van der Waals surface area contributed by atoms with E-state index < -0.39 is 0 Å². The highest BCUT2D eigenvalue weighted by atomic mass is 35.5. The van der Waals surface area contributed by atoms with Crippen LogP contribution in [-0.4, -0.2) is 60.4 Å². The zero-order valence-corrected chi connectivity index (χ0v) is 25.4. The molecule has 0 saturated carbocycles. The van der Waals surface area contributed by atoms with Crippen LogP contribution in [0.15, 0.2) is 54.6 Å². The van der Waals surface area contributed by atoms with Crippen LogP contribution in [0.25, 0.3) is 22.4 Å². The van der Waals surface area contributed by atoms with Crippen molar-refractivity contribution in [2.45, 2.75) is 64.3 Å². The largest absolute Gasteiger partial charge is 0.473 e. The molecule has 3 aromatic heterocycles. The normalized spacial score (nSPS) is 17.7. The maximum atomic E-state index is 14.2. The number of hydrogen-bond acceptors (Lipinski definition) is 7. The van der Waals surface area contributed by atoms with E-state index in [1.807, 2.05) is 12.1 Å². The molecular formula is C33H35ClFN7O2. The number of H-pyrrole nitrogens is 1. The van der Waals surface area contributed by atoms with Gasteiger partial charge in [-0.25, -0.2) is 19.3 Å². The van der Waals surface area contributed by atoms with E-state index in [1.54, 1.807) is 12.1 Å². The predicted molar refractivity (Wildman–Crippen MR) is 166 cm³/mol. The zero-order chi connectivity index (χ0) is 30.0. The number of nitrogens with one attached hydrogen (secondary N) is 1. The van der Waals surface area contributed by atoms with Crippen LogP contribution in [-0.2, 0) is 30.9 Å². The fourth-order valence-corrected chi connectivity index (χ4v) is 6.13. The monoisotopic (exact) mass is 615 g/mol. The molecule has 0 radical (unpaired) electrons. The fourth-order valence-electron chi connectivity index (χ4n) is 5.97. The first-order chi connectivity index (χ1) is 21.5. The molecule has 2 saturated heterocycles. The van der Waals surface area contributed by atoms with Crippen LogP contribution in [0, 0.1) is 5.82 Å². The van der Waals surface area contributed by atoms with Gasteiger partial charge in [-0.15, -0.1) is 0 Å². The van der Waals surface area contributed by atoms with Gasteiger partial charge in [0.15, 0.2) is 5.82 Å². The Balaban J connectivity index is 1.02. The van der Waals surface area contributed by atoms with Crippen molar-refractivity contribution < 1.29 is 13.9 Å². The Morgan fingerprint density at radius 1 is 1.05 bits per heavy atom. The van der Waals surface area contributed by atoms with E-state index in [0.29, 0.717) is 28.2 Å². The molecule has 9 nitrogen and oxygen atoms in total. The van der Waals surface area contributed by atoms with Gasteiger partial charge in [0.25, 0.3) is 0 Å². The Morgan fingerprint density at radius 3 is 2.66 bits per heavy atom. The molecule has 228 valence electrons. The first-order valence-electron chi connectivity index (χ1n) is 15.3. The standard InChI is InChI=1S/C33H35ClFN7O2/c1-2-30-38-33(40-39-30)22-7-9-29-28(16-22)36-31(42(29)18-25-12-15-43-25)19-41-13-10-21(11-14-41)27-4-3-5-32(37-27)44-20-23-6-8-24(34)17-26(23)35/h3-9,16-17,21,25H,2,10-15,18-20H2,1H3,(H,38,39,40)/t25-/m0/s1. The summed E-state index contributed by atoms with van der Waals surface area (Å²) in [5, 5.41) is 7.77. The van der Waals surface area contributed by atoms with Crippen molar-refractivity contribution in [1.29, 1.82) is 0 Å². The van der Waals surface area contributed by atoms with Gasteiger partial charge in [0.2, 0.25) is 5.88 Å². The molecule has 2 aliphatic heterocycles. The van der Waals surface area contributed by atoms with Crippen molar-refractivity contribution in [1.82, 2.24) is 34.6 Å². The summed E-state index contributed by atoms with van der Waals surface area (Å²) in [5.41, 5.74) is 4.49. The lowest BCUT2D eigenvalue weighted by molar-refractivity contribution is -0.0592. The van der Waals surface area contributed by atoms with Gasteiger partial charge in [-0.1, -0.05) is 30.7 Å². The van der Waals surface area contributed by atoms with Crippen LogP contribution >= 0.6 is 11.6 Å². The molecule has 7 rings (SSSR count). The molecule has 5 heterocycles.